The van der Waals surface area contributed by atoms with Gasteiger partial charge >= 0.3 is 5.97 Å². The first-order valence-electron chi connectivity index (χ1n) is 12.1. The van der Waals surface area contributed by atoms with E-state index in [9.17, 15) is 4.79 Å². The van der Waals surface area contributed by atoms with E-state index in [1.165, 1.54) is 4.88 Å². The predicted molar refractivity (Wildman–Crippen MR) is 147 cm³/mol. The van der Waals surface area contributed by atoms with Crippen molar-refractivity contribution in [3.05, 3.63) is 87.6 Å². The number of azo groups is 1. The van der Waals surface area contributed by atoms with Gasteiger partial charge in [0, 0.05) is 16.0 Å². The van der Waals surface area contributed by atoms with E-state index < -0.39 is 0 Å². The van der Waals surface area contributed by atoms with Gasteiger partial charge in [-0.1, -0.05) is 18.4 Å². The van der Waals surface area contributed by atoms with Gasteiger partial charge in [-0.05, 0) is 107 Å². The molecule has 0 radical (unpaired) electrons. The third-order valence-electron chi connectivity index (χ3n) is 5.27. The average Bonchev–Trinajstić information content (AvgIpc) is 3.29. The lowest BCUT2D eigenvalue weighted by atomic mass is 10.1. The summed E-state index contributed by atoms with van der Waals surface area (Å²) in [6.07, 6.45) is 3.81. The molecule has 6 heteroatoms. The van der Waals surface area contributed by atoms with Gasteiger partial charge in [-0.2, -0.15) is 10.2 Å². The highest BCUT2D eigenvalue weighted by Gasteiger charge is 2.02. The second kappa shape index (κ2) is 14.0. The molecule has 186 valence electrons. The third kappa shape index (κ3) is 9.16. The standard InChI is InChI=1S/C30H32N2O3S/c1-22(2)30(33)35-20-8-6-5-7-19-34-27-14-12-26(13-15-27)31-32-29-18-11-25(21-23(29)3)10-17-28-16-9-24(4)36-28/h9,11-16,18,21H,1,5-8,19-20H2,2-4H3. The summed E-state index contributed by atoms with van der Waals surface area (Å²) in [5, 5.41) is 8.76. The Morgan fingerprint density at radius 1 is 0.917 bits per heavy atom. The van der Waals surface area contributed by atoms with E-state index in [4.69, 9.17) is 9.47 Å². The quantitative estimate of drug-likeness (QED) is 0.0875. The number of benzene rings is 2. The molecule has 5 nitrogen and oxygen atoms in total. The fourth-order valence-electron chi connectivity index (χ4n) is 3.24. The highest BCUT2D eigenvalue weighted by atomic mass is 32.1. The molecule has 0 fully saturated rings. The lowest BCUT2D eigenvalue weighted by Crippen LogP contribution is -2.06. The first-order chi connectivity index (χ1) is 17.4. The van der Waals surface area contributed by atoms with Crippen LogP contribution in [0.4, 0.5) is 11.4 Å². The van der Waals surface area contributed by atoms with E-state index in [-0.39, 0.29) is 5.97 Å². The van der Waals surface area contributed by atoms with Crippen LogP contribution < -0.4 is 4.74 Å². The Bertz CT molecular complexity index is 1260. The Balaban J connectivity index is 1.40. The molecule has 0 atom stereocenters. The predicted octanol–water partition coefficient (Wildman–Crippen LogP) is 8.24. The van der Waals surface area contributed by atoms with Crippen molar-refractivity contribution in [2.24, 2.45) is 10.2 Å². The maximum absolute atomic E-state index is 11.3. The van der Waals surface area contributed by atoms with Crippen LogP contribution in [0.25, 0.3) is 0 Å². The van der Waals surface area contributed by atoms with Gasteiger partial charge in [-0.25, -0.2) is 4.79 Å². The maximum Gasteiger partial charge on any atom is 0.333 e. The average molecular weight is 501 g/mol. The second-order valence-corrected chi connectivity index (χ2v) is 9.82. The zero-order valence-corrected chi connectivity index (χ0v) is 22.0. The molecule has 0 N–H and O–H groups in total. The number of carbonyl (C=O) groups excluding carboxylic acids is 1. The van der Waals surface area contributed by atoms with Crippen molar-refractivity contribution in [3.8, 4) is 17.6 Å². The van der Waals surface area contributed by atoms with Crippen LogP contribution in [-0.2, 0) is 9.53 Å². The highest BCUT2D eigenvalue weighted by molar-refractivity contribution is 7.12. The van der Waals surface area contributed by atoms with Crippen molar-refractivity contribution in [2.75, 3.05) is 13.2 Å². The number of carbonyl (C=O) groups is 1. The number of thiophene rings is 1. The van der Waals surface area contributed by atoms with Crippen molar-refractivity contribution >= 4 is 28.7 Å². The number of hydrogen-bond acceptors (Lipinski definition) is 6. The van der Waals surface area contributed by atoms with Gasteiger partial charge in [0.25, 0.3) is 0 Å². The molecule has 0 saturated heterocycles. The van der Waals surface area contributed by atoms with E-state index in [1.807, 2.05) is 55.5 Å². The van der Waals surface area contributed by atoms with Crippen LogP contribution in [0.5, 0.6) is 5.75 Å². The monoisotopic (exact) mass is 500 g/mol. The zero-order valence-electron chi connectivity index (χ0n) is 21.2. The van der Waals surface area contributed by atoms with Crippen LogP contribution in [0.15, 0.2) is 77.0 Å². The van der Waals surface area contributed by atoms with Gasteiger partial charge in [0.15, 0.2) is 0 Å². The van der Waals surface area contributed by atoms with Crippen LogP contribution in [0.1, 0.15) is 53.5 Å². The largest absolute Gasteiger partial charge is 0.494 e. The molecule has 36 heavy (non-hydrogen) atoms. The van der Waals surface area contributed by atoms with Crippen molar-refractivity contribution in [1.29, 1.82) is 0 Å². The van der Waals surface area contributed by atoms with Gasteiger partial charge in [0.05, 0.1) is 29.5 Å². The number of ether oxygens (including phenoxy) is 2. The molecule has 0 aliphatic heterocycles. The topological polar surface area (TPSA) is 60.2 Å². The summed E-state index contributed by atoms with van der Waals surface area (Å²) in [5.74, 6) is 6.92. The molecule has 1 aromatic heterocycles. The van der Waals surface area contributed by atoms with E-state index >= 15 is 0 Å². The molecular formula is C30H32N2O3S. The van der Waals surface area contributed by atoms with Gasteiger partial charge in [0.2, 0.25) is 0 Å². The molecule has 1 heterocycles. The second-order valence-electron chi connectivity index (χ2n) is 8.53. The Kier molecular flexibility index (Phi) is 10.5. The Morgan fingerprint density at radius 2 is 1.67 bits per heavy atom. The van der Waals surface area contributed by atoms with Crippen molar-refractivity contribution in [3.63, 3.8) is 0 Å². The number of esters is 1. The number of nitrogens with zero attached hydrogens (tertiary/aromatic N) is 2. The lowest BCUT2D eigenvalue weighted by Gasteiger charge is -2.07. The van der Waals surface area contributed by atoms with E-state index in [1.54, 1.807) is 18.3 Å². The minimum absolute atomic E-state index is 0.320. The summed E-state index contributed by atoms with van der Waals surface area (Å²) < 4.78 is 10.9. The first-order valence-corrected chi connectivity index (χ1v) is 12.9. The van der Waals surface area contributed by atoms with Crippen LogP contribution in [-0.4, -0.2) is 19.2 Å². The SMILES string of the molecule is C=C(C)C(=O)OCCCCCCOc1ccc(N=Nc2ccc(C#Cc3ccc(C)s3)cc2C)cc1. The number of rotatable bonds is 11. The highest BCUT2D eigenvalue weighted by Crippen LogP contribution is 2.24. The fourth-order valence-corrected chi connectivity index (χ4v) is 3.96. The van der Waals surface area contributed by atoms with Crippen LogP contribution >= 0.6 is 11.3 Å². The van der Waals surface area contributed by atoms with Crippen LogP contribution in [0, 0.1) is 25.7 Å². The lowest BCUT2D eigenvalue weighted by molar-refractivity contribution is -0.139. The molecule has 0 unspecified atom stereocenters. The van der Waals surface area contributed by atoms with Gasteiger partial charge in [-0.3, -0.25) is 0 Å². The van der Waals surface area contributed by atoms with Crippen molar-refractivity contribution < 1.29 is 14.3 Å². The maximum atomic E-state index is 11.3. The van der Waals surface area contributed by atoms with E-state index in [2.05, 4.69) is 41.6 Å². The number of aryl methyl sites for hydroxylation is 2. The number of unbranched alkanes of at least 4 members (excludes halogenated alkanes) is 3. The molecule has 0 bridgehead atoms. The molecule has 0 saturated carbocycles. The summed E-state index contributed by atoms with van der Waals surface area (Å²) >= 11 is 1.70. The van der Waals surface area contributed by atoms with Crippen LogP contribution in [0.2, 0.25) is 0 Å². The Hall–Kier alpha value is -3.69. The molecule has 0 aliphatic carbocycles. The summed E-state index contributed by atoms with van der Waals surface area (Å²) in [5.41, 5.74) is 4.02. The van der Waals surface area contributed by atoms with Gasteiger partial charge in [0.1, 0.15) is 5.75 Å². The Labute approximate surface area is 217 Å². The van der Waals surface area contributed by atoms with E-state index in [0.717, 1.165) is 58.8 Å². The summed E-state index contributed by atoms with van der Waals surface area (Å²) in [6, 6.07) is 17.7. The van der Waals surface area contributed by atoms with E-state index in [0.29, 0.717) is 18.8 Å². The summed E-state index contributed by atoms with van der Waals surface area (Å²) in [6.45, 7) is 10.4. The first kappa shape index (κ1) is 26.9. The molecular weight excluding hydrogens is 468 g/mol. The zero-order chi connectivity index (χ0) is 25.8. The number of hydrogen-bond donors (Lipinski definition) is 0. The van der Waals surface area contributed by atoms with Crippen molar-refractivity contribution in [2.45, 2.75) is 46.5 Å². The molecule has 0 spiro atoms. The van der Waals surface area contributed by atoms with Crippen molar-refractivity contribution in [1.82, 2.24) is 0 Å². The molecule has 2 aromatic carbocycles. The third-order valence-corrected chi connectivity index (χ3v) is 6.18. The minimum Gasteiger partial charge on any atom is -0.494 e. The molecule has 3 rings (SSSR count). The minimum atomic E-state index is -0.320. The normalized spacial score (nSPS) is 10.6. The Morgan fingerprint density at radius 3 is 2.33 bits per heavy atom. The van der Waals surface area contributed by atoms with Gasteiger partial charge in [-0.15, -0.1) is 11.3 Å². The fraction of sp³-hybridized carbons (Fsp3) is 0.300. The summed E-state index contributed by atoms with van der Waals surface area (Å²) in [4.78, 5) is 13.6. The molecule has 3 aromatic rings. The van der Waals surface area contributed by atoms with Crippen LogP contribution in [0.3, 0.4) is 0 Å². The molecule has 0 amide bonds. The molecule has 0 aliphatic rings. The smallest absolute Gasteiger partial charge is 0.333 e. The van der Waals surface area contributed by atoms with Gasteiger partial charge < -0.3 is 9.47 Å². The summed E-state index contributed by atoms with van der Waals surface area (Å²) in [7, 11) is 0.